The van der Waals surface area contributed by atoms with Crippen molar-refractivity contribution in [2.24, 2.45) is 0 Å². The first-order valence-electron chi connectivity index (χ1n) is 9.56. The van der Waals surface area contributed by atoms with Crippen LogP contribution >= 0.6 is 0 Å². The van der Waals surface area contributed by atoms with Gasteiger partial charge in [-0.25, -0.2) is 9.37 Å². The Hall–Kier alpha value is -3.80. The minimum Gasteiger partial charge on any atom is -0.326 e. The zero-order valence-corrected chi connectivity index (χ0v) is 16.6. The lowest BCUT2D eigenvalue weighted by Gasteiger charge is -2.14. The number of aromatic nitrogens is 2. The van der Waals surface area contributed by atoms with Crippen LogP contribution in [0.2, 0.25) is 0 Å². The standard InChI is InChI=1S/C24H20FN3O2/c1-15-13-19(28-16(2)26-22-6-4-3-5-20(22)24(28)30)11-12-21(15)27-23(29)14-17-7-9-18(25)10-8-17/h3-13H,14H2,1-2H3,(H,27,29). The molecule has 0 aliphatic rings. The van der Waals surface area contributed by atoms with E-state index in [9.17, 15) is 14.0 Å². The third kappa shape index (κ3) is 3.85. The lowest BCUT2D eigenvalue weighted by atomic mass is 10.1. The molecule has 6 heteroatoms. The number of rotatable bonds is 4. The molecule has 0 fully saturated rings. The van der Waals surface area contributed by atoms with Crippen molar-refractivity contribution in [1.29, 1.82) is 0 Å². The number of hydrogen-bond acceptors (Lipinski definition) is 3. The molecule has 1 N–H and O–H groups in total. The van der Waals surface area contributed by atoms with Gasteiger partial charge in [-0.05, 0) is 67.4 Å². The summed E-state index contributed by atoms with van der Waals surface area (Å²) in [5.41, 5.74) is 3.42. The Kier molecular flexibility index (Phi) is 5.14. The summed E-state index contributed by atoms with van der Waals surface area (Å²) in [5.74, 6) is 0.0590. The molecule has 3 aromatic carbocycles. The number of anilines is 1. The maximum absolute atomic E-state index is 13.0. The van der Waals surface area contributed by atoms with Crippen LogP contribution in [0.25, 0.3) is 16.6 Å². The monoisotopic (exact) mass is 401 g/mol. The fourth-order valence-corrected chi connectivity index (χ4v) is 3.46. The summed E-state index contributed by atoms with van der Waals surface area (Å²) >= 11 is 0. The molecule has 0 saturated heterocycles. The SMILES string of the molecule is Cc1cc(-n2c(C)nc3ccccc3c2=O)ccc1NC(=O)Cc1ccc(F)cc1. The van der Waals surface area contributed by atoms with E-state index in [0.717, 1.165) is 11.1 Å². The summed E-state index contributed by atoms with van der Waals surface area (Å²) < 4.78 is 14.6. The van der Waals surface area contributed by atoms with Gasteiger partial charge in [0.05, 0.1) is 23.0 Å². The number of para-hydroxylation sites is 1. The van der Waals surface area contributed by atoms with Gasteiger partial charge in [-0.1, -0.05) is 24.3 Å². The predicted octanol–water partition coefficient (Wildman–Crippen LogP) is 4.32. The highest BCUT2D eigenvalue weighted by Crippen LogP contribution is 2.20. The largest absolute Gasteiger partial charge is 0.326 e. The molecule has 1 heterocycles. The van der Waals surface area contributed by atoms with Gasteiger partial charge in [-0.15, -0.1) is 0 Å². The molecule has 0 atom stereocenters. The minimum absolute atomic E-state index is 0.134. The van der Waals surface area contributed by atoms with Gasteiger partial charge in [0.2, 0.25) is 5.91 Å². The Morgan fingerprint density at radius 3 is 2.50 bits per heavy atom. The average molecular weight is 401 g/mol. The number of carbonyl (C=O) groups excluding carboxylic acids is 1. The molecule has 5 nitrogen and oxygen atoms in total. The van der Waals surface area contributed by atoms with Crippen molar-refractivity contribution in [3.63, 3.8) is 0 Å². The number of halogens is 1. The molecule has 0 saturated carbocycles. The van der Waals surface area contributed by atoms with Crippen LogP contribution < -0.4 is 10.9 Å². The predicted molar refractivity (Wildman–Crippen MR) is 116 cm³/mol. The van der Waals surface area contributed by atoms with Crippen LogP contribution in [-0.2, 0) is 11.2 Å². The van der Waals surface area contributed by atoms with E-state index in [-0.39, 0.29) is 23.7 Å². The number of aryl methyl sites for hydroxylation is 2. The van der Waals surface area contributed by atoms with Crippen molar-refractivity contribution in [3.8, 4) is 5.69 Å². The number of hydrogen-bond donors (Lipinski definition) is 1. The van der Waals surface area contributed by atoms with Crippen LogP contribution in [0, 0.1) is 19.7 Å². The maximum Gasteiger partial charge on any atom is 0.265 e. The van der Waals surface area contributed by atoms with E-state index >= 15 is 0 Å². The van der Waals surface area contributed by atoms with E-state index in [0.29, 0.717) is 28.1 Å². The zero-order chi connectivity index (χ0) is 21.3. The third-order valence-electron chi connectivity index (χ3n) is 4.96. The molecule has 0 radical (unpaired) electrons. The van der Waals surface area contributed by atoms with E-state index in [1.54, 1.807) is 41.8 Å². The molecule has 4 aromatic rings. The van der Waals surface area contributed by atoms with Gasteiger partial charge < -0.3 is 5.32 Å². The number of amides is 1. The molecule has 0 unspecified atom stereocenters. The average Bonchev–Trinajstić information content (AvgIpc) is 2.72. The molecule has 0 spiro atoms. The molecular formula is C24H20FN3O2. The van der Waals surface area contributed by atoms with Gasteiger partial charge in [-0.3, -0.25) is 14.2 Å². The van der Waals surface area contributed by atoms with Gasteiger partial charge in [0.25, 0.3) is 5.56 Å². The first-order chi connectivity index (χ1) is 14.4. The van der Waals surface area contributed by atoms with Crippen LogP contribution in [0.5, 0.6) is 0 Å². The maximum atomic E-state index is 13.0. The number of nitrogens with one attached hydrogen (secondary N) is 1. The van der Waals surface area contributed by atoms with Crippen LogP contribution in [-0.4, -0.2) is 15.5 Å². The Labute approximate surface area is 172 Å². The van der Waals surface area contributed by atoms with E-state index < -0.39 is 0 Å². The summed E-state index contributed by atoms with van der Waals surface area (Å²) in [5, 5.41) is 3.43. The highest BCUT2D eigenvalue weighted by molar-refractivity contribution is 5.93. The summed E-state index contributed by atoms with van der Waals surface area (Å²) in [6.07, 6.45) is 0.147. The lowest BCUT2D eigenvalue weighted by molar-refractivity contribution is -0.115. The molecule has 0 aliphatic heterocycles. The first-order valence-corrected chi connectivity index (χ1v) is 9.56. The molecule has 30 heavy (non-hydrogen) atoms. The second-order valence-electron chi connectivity index (χ2n) is 7.17. The highest BCUT2D eigenvalue weighted by atomic mass is 19.1. The Bertz CT molecular complexity index is 1310. The summed E-state index contributed by atoms with van der Waals surface area (Å²) in [6, 6.07) is 18.5. The van der Waals surface area contributed by atoms with Crippen LogP contribution in [0.4, 0.5) is 10.1 Å². The number of carbonyl (C=O) groups is 1. The molecule has 1 amide bonds. The fraction of sp³-hybridized carbons (Fsp3) is 0.125. The van der Waals surface area contributed by atoms with Crippen molar-refractivity contribution in [2.45, 2.75) is 20.3 Å². The third-order valence-corrected chi connectivity index (χ3v) is 4.96. The Morgan fingerprint density at radius 1 is 1.03 bits per heavy atom. The second kappa shape index (κ2) is 7.91. The normalized spacial score (nSPS) is 10.9. The quantitative estimate of drug-likeness (QED) is 0.554. The lowest BCUT2D eigenvalue weighted by Crippen LogP contribution is -2.22. The van der Waals surface area contributed by atoms with E-state index in [1.807, 2.05) is 31.2 Å². The zero-order valence-electron chi connectivity index (χ0n) is 16.6. The minimum atomic E-state index is -0.334. The number of benzene rings is 3. The van der Waals surface area contributed by atoms with Gasteiger partial charge in [0, 0.05) is 5.69 Å². The molecular weight excluding hydrogens is 381 g/mol. The van der Waals surface area contributed by atoms with Gasteiger partial charge >= 0.3 is 0 Å². The van der Waals surface area contributed by atoms with Crippen molar-refractivity contribution < 1.29 is 9.18 Å². The first kappa shape index (κ1) is 19.5. The van der Waals surface area contributed by atoms with Crippen molar-refractivity contribution in [3.05, 3.63) is 99.9 Å². The van der Waals surface area contributed by atoms with Crippen molar-refractivity contribution >= 4 is 22.5 Å². The summed E-state index contributed by atoms with van der Waals surface area (Å²) in [6.45, 7) is 3.66. The summed E-state index contributed by atoms with van der Waals surface area (Å²) in [7, 11) is 0. The fourth-order valence-electron chi connectivity index (χ4n) is 3.46. The van der Waals surface area contributed by atoms with Crippen LogP contribution in [0.15, 0.2) is 71.5 Å². The summed E-state index contributed by atoms with van der Waals surface area (Å²) in [4.78, 5) is 29.9. The van der Waals surface area contributed by atoms with Crippen LogP contribution in [0.3, 0.4) is 0 Å². The Morgan fingerprint density at radius 2 is 1.77 bits per heavy atom. The number of fused-ring (bicyclic) bond motifs is 1. The molecule has 0 bridgehead atoms. The highest BCUT2D eigenvalue weighted by Gasteiger charge is 2.12. The Balaban J connectivity index is 1.61. The number of nitrogens with zero attached hydrogens (tertiary/aromatic N) is 2. The molecule has 4 rings (SSSR count). The van der Waals surface area contributed by atoms with Crippen molar-refractivity contribution in [1.82, 2.24) is 9.55 Å². The van der Waals surface area contributed by atoms with Crippen molar-refractivity contribution in [2.75, 3.05) is 5.32 Å². The molecule has 0 aliphatic carbocycles. The van der Waals surface area contributed by atoms with Crippen LogP contribution in [0.1, 0.15) is 17.0 Å². The van der Waals surface area contributed by atoms with E-state index in [2.05, 4.69) is 10.3 Å². The van der Waals surface area contributed by atoms with Gasteiger partial charge in [0.15, 0.2) is 0 Å². The topological polar surface area (TPSA) is 64.0 Å². The van der Waals surface area contributed by atoms with Gasteiger partial charge in [-0.2, -0.15) is 0 Å². The second-order valence-corrected chi connectivity index (χ2v) is 7.17. The molecule has 1 aromatic heterocycles. The van der Waals surface area contributed by atoms with Gasteiger partial charge in [0.1, 0.15) is 11.6 Å². The van der Waals surface area contributed by atoms with E-state index in [1.165, 1.54) is 12.1 Å². The smallest absolute Gasteiger partial charge is 0.265 e. The van der Waals surface area contributed by atoms with E-state index in [4.69, 9.17) is 0 Å². The molecule has 150 valence electrons.